The summed E-state index contributed by atoms with van der Waals surface area (Å²) >= 11 is 0. The van der Waals surface area contributed by atoms with Crippen molar-refractivity contribution < 1.29 is 9.18 Å². The topological polar surface area (TPSA) is 66.9 Å². The van der Waals surface area contributed by atoms with Gasteiger partial charge >= 0.3 is 0 Å². The maximum absolute atomic E-state index is 13.7. The van der Waals surface area contributed by atoms with E-state index in [2.05, 4.69) is 20.6 Å². The monoisotopic (exact) mass is 364 g/mol. The van der Waals surface area contributed by atoms with Gasteiger partial charge in [0.05, 0.1) is 0 Å². The number of carbonyl (C=O) groups excluding carboxylic acids is 1. The summed E-state index contributed by atoms with van der Waals surface area (Å²) in [6.07, 6.45) is 0. The van der Waals surface area contributed by atoms with Gasteiger partial charge in [0.15, 0.2) is 0 Å². The van der Waals surface area contributed by atoms with Crippen LogP contribution in [0.5, 0.6) is 0 Å². The molecule has 0 bridgehead atoms. The van der Waals surface area contributed by atoms with Crippen LogP contribution in [0.1, 0.15) is 32.9 Å². The summed E-state index contributed by atoms with van der Waals surface area (Å²) in [5.41, 5.74) is 4.50. The minimum Gasteiger partial charge on any atom is -0.347 e. The van der Waals surface area contributed by atoms with Gasteiger partial charge in [-0.3, -0.25) is 4.79 Å². The van der Waals surface area contributed by atoms with Crippen LogP contribution >= 0.6 is 0 Å². The summed E-state index contributed by atoms with van der Waals surface area (Å²) in [5, 5.41) is 5.82. The van der Waals surface area contributed by atoms with Gasteiger partial charge in [0.1, 0.15) is 11.5 Å². The number of aromatic nitrogens is 2. The third kappa shape index (κ3) is 4.67. The molecule has 3 rings (SSSR count). The van der Waals surface area contributed by atoms with Crippen molar-refractivity contribution in [2.75, 3.05) is 5.32 Å². The lowest BCUT2D eigenvalue weighted by atomic mass is 10.1. The van der Waals surface area contributed by atoms with Crippen molar-refractivity contribution in [2.45, 2.75) is 27.3 Å². The Morgan fingerprint density at radius 1 is 1.00 bits per heavy atom. The minimum absolute atomic E-state index is 0.0917. The summed E-state index contributed by atoms with van der Waals surface area (Å²) in [7, 11) is 0. The first-order valence-corrected chi connectivity index (χ1v) is 8.64. The Morgan fingerprint density at radius 3 is 2.52 bits per heavy atom. The largest absolute Gasteiger partial charge is 0.347 e. The molecule has 1 amide bonds. The molecule has 0 aliphatic carbocycles. The van der Waals surface area contributed by atoms with Crippen molar-refractivity contribution in [1.82, 2.24) is 15.3 Å². The molecule has 0 unspecified atom stereocenters. The minimum atomic E-state index is -0.383. The molecule has 1 aromatic heterocycles. The molecule has 0 spiro atoms. The zero-order chi connectivity index (χ0) is 19.4. The van der Waals surface area contributed by atoms with Crippen molar-refractivity contribution in [1.29, 1.82) is 0 Å². The lowest BCUT2D eigenvalue weighted by Crippen LogP contribution is -2.25. The van der Waals surface area contributed by atoms with Gasteiger partial charge in [-0.05, 0) is 56.2 Å². The lowest BCUT2D eigenvalue weighted by molar-refractivity contribution is 0.0945. The van der Waals surface area contributed by atoms with Crippen LogP contribution in [0.15, 0.2) is 48.5 Å². The normalized spacial score (nSPS) is 10.5. The molecule has 0 saturated heterocycles. The summed E-state index contributed by atoms with van der Waals surface area (Å²) in [6.45, 7) is 5.95. The first-order chi connectivity index (χ1) is 12.9. The van der Waals surface area contributed by atoms with Gasteiger partial charge in [-0.15, -0.1) is 0 Å². The molecule has 138 valence electrons. The van der Waals surface area contributed by atoms with Crippen molar-refractivity contribution in [3.05, 3.63) is 82.4 Å². The summed E-state index contributed by atoms with van der Waals surface area (Å²) in [6, 6.07) is 13.9. The molecule has 3 aromatic rings. The Morgan fingerprint density at radius 2 is 1.78 bits per heavy atom. The number of rotatable bonds is 5. The molecule has 0 radical (unpaired) electrons. The van der Waals surface area contributed by atoms with Crippen LogP contribution < -0.4 is 10.6 Å². The molecular formula is C21H21FN4O. The van der Waals surface area contributed by atoms with Crippen molar-refractivity contribution in [2.24, 2.45) is 0 Å². The average molecular weight is 364 g/mol. The van der Waals surface area contributed by atoms with Crippen LogP contribution in [0.25, 0.3) is 0 Å². The van der Waals surface area contributed by atoms with Crippen LogP contribution in [-0.2, 0) is 6.54 Å². The van der Waals surface area contributed by atoms with E-state index in [9.17, 15) is 9.18 Å². The lowest BCUT2D eigenvalue weighted by Gasteiger charge is -2.10. The number of aryl methyl sites for hydroxylation is 3. The van der Waals surface area contributed by atoms with Crippen LogP contribution in [0.3, 0.4) is 0 Å². The second-order valence-corrected chi connectivity index (χ2v) is 6.42. The Kier molecular flexibility index (Phi) is 5.45. The Bertz CT molecular complexity index is 988. The van der Waals surface area contributed by atoms with Gasteiger partial charge < -0.3 is 10.6 Å². The highest BCUT2D eigenvalue weighted by atomic mass is 19.1. The third-order valence-corrected chi connectivity index (χ3v) is 4.25. The highest BCUT2D eigenvalue weighted by Crippen LogP contribution is 2.18. The number of hydrogen-bond acceptors (Lipinski definition) is 4. The van der Waals surface area contributed by atoms with Gasteiger partial charge in [0, 0.05) is 23.5 Å². The predicted molar refractivity (Wildman–Crippen MR) is 104 cm³/mol. The maximum Gasteiger partial charge on any atom is 0.270 e. The quantitative estimate of drug-likeness (QED) is 0.711. The zero-order valence-corrected chi connectivity index (χ0v) is 15.5. The Labute approximate surface area is 157 Å². The third-order valence-electron chi connectivity index (χ3n) is 4.25. The zero-order valence-electron chi connectivity index (χ0n) is 15.5. The van der Waals surface area contributed by atoms with Gasteiger partial charge in [-0.1, -0.05) is 24.3 Å². The van der Waals surface area contributed by atoms with E-state index in [1.165, 1.54) is 11.6 Å². The molecule has 2 aromatic carbocycles. The van der Waals surface area contributed by atoms with Gasteiger partial charge in [0.2, 0.25) is 5.95 Å². The fourth-order valence-electron chi connectivity index (χ4n) is 2.60. The molecule has 0 fully saturated rings. The number of amides is 1. The molecule has 0 aliphatic heterocycles. The van der Waals surface area contributed by atoms with E-state index in [0.717, 1.165) is 11.3 Å². The number of nitrogens with one attached hydrogen (secondary N) is 2. The van der Waals surface area contributed by atoms with Crippen LogP contribution in [0.4, 0.5) is 16.0 Å². The van der Waals surface area contributed by atoms with E-state index < -0.39 is 0 Å². The van der Waals surface area contributed by atoms with E-state index in [1.807, 2.05) is 32.0 Å². The number of carbonyl (C=O) groups is 1. The van der Waals surface area contributed by atoms with Gasteiger partial charge in [-0.25, -0.2) is 14.4 Å². The fraction of sp³-hybridized carbons (Fsp3) is 0.190. The summed E-state index contributed by atoms with van der Waals surface area (Å²) < 4.78 is 13.7. The first-order valence-electron chi connectivity index (χ1n) is 8.64. The van der Waals surface area contributed by atoms with E-state index in [0.29, 0.717) is 17.2 Å². The number of anilines is 2. The van der Waals surface area contributed by atoms with Crippen molar-refractivity contribution in [3.8, 4) is 0 Å². The van der Waals surface area contributed by atoms with Crippen LogP contribution in [0.2, 0.25) is 0 Å². The number of hydrogen-bond donors (Lipinski definition) is 2. The Hall–Kier alpha value is -3.28. The number of benzene rings is 2. The highest BCUT2D eigenvalue weighted by molar-refractivity contribution is 5.92. The highest BCUT2D eigenvalue weighted by Gasteiger charge is 2.12. The summed E-state index contributed by atoms with van der Waals surface area (Å²) in [4.78, 5) is 21.1. The molecule has 1 heterocycles. The predicted octanol–water partition coefficient (Wildman–Crippen LogP) is 4.21. The van der Waals surface area contributed by atoms with E-state index >= 15 is 0 Å². The standard InChI is InChI=1S/C21H21FN4O/c1-13-8-9-17(10-14(13)2)25-21-24-15(3)11-19(26-21)20(27)23-12-16-6-4-5-7-18(16)22/h4-11H,12H2,1-3H3,(H,23,27)(H,24,25,26). The number of nitrogens with zero attached hydrogens (tertiary/aromatic N) is 2. The molecule has 2 N–H and O–H groups in total. The second-order valence-electron chi connectivity index (χ2n) is 6.42. The number of halogens is 1. The molecule has 0 aliphatic rings. The average Bonchev–Trinajstić information content (AvgIpc) is 2.63. The smallest absolute Gasteiger partial charge is 0.270 e. The van der Waals surface area contributed by atoms with E-state index in [1.54, 1.807) is 31.2 Å². The molecule has 6 heteroatoms. The molecular weight excluding hydrogens is 343 g/mol. The van der Waals surface area contributed by atoms with Gasteiger partial charge in [-0.2, -0.15) is 0 Å². The molecule has 0 atom stereocenters. The van der Waals surface area contributed by atoms with E-state index in [-0.39, 0.29) is 24.0 Å². The summed E-state index contributed by atoms with van der Waals surface area (Å²) in [5.74, 6) is -0.394. The Balaban J connectivity index is 1.75. The first kappa shape index (κ1) is 18.5. The molecule has 5 nitrogen and oxygen atoms in total. The van der Waals surface area contributed by atoms with Gasteiger partial charge in [0.25, 0.3) is 5.91 Å². The van der Waals surface area contributed by atoms with Crippen molar-refractivity contribution >= 4 is 17.5 Å². The molecule has 27 heavy (non-hydrogen) atoms. The van der Waals surface area contributed by atoms with Crippen LogP contribution in [-0.4, -0.2) is 15.9 Å². The molecule has 0 saturated carbocycles. The second kappa shape index (κ2) is 7.95. The van der Waals surface area contributed by atoms with E-state index in [4.69, 9.17) is 0 Å². The van der Waals surface area contributed by atoms with Crippen LogP contribution in [0, 0.1) is 26.6 Å². The van der Waals surface area contributed by atoms with Crippen molar-refractivity contribution in [3.63, 3.8) is 0 Å². The maximum atomic E-state index is 13.7. The fourth-order valence-corrected chi connectivity index (χ4v) is 2.60. The SMILES string of the molecule is Cc1cc(C(=O)NCc2ccccc2F)nc(Nc2ccc(C)c(C)c2)n1.